The molecule has 0 bridgehead atoms. The van der Waals surface area contributed by atoms with Crippen LogP contribution in [-0.4, -0.2) is 59.8 Å². The van der Waals surface area contributed by atoms with Crippen LogP contribution in [0, 0.1) is 0 Å². The largest absolute Gasteiger partial charge is 0.507 e. The molecule has 1 saturated heterocycles. The number of phenols is 1. The van der Waals surface area contributed by atoms with Crippen LogP contribution in [0.4, 0.5) is 0 Å². The fourth-order valence-electron chi connectivity index (χ4n) is 3.74. The molecule has 0 unspecified atom stereocenters. The number of hydrogen-bond donors (Lipinski definition) is 2. The number of Topliss-reactive ketones (excluding diaryl/α,β-unsaturated/α-hetero) is 1. The second-order valence-electron chi connectivity index (χ2n) is 7.84. The molecule has 0 spiro atoms. The number of benzene rings is 2. The molecule has 1 fully saturated rings. The van der Waals surface area contributed by atoms with Crippen LogP contribution >= 0.6 is 0 Å². The third kappa shape index (κ3) is 5.12. The average molecular weight is 456 g/mol. The van der Waals surface area contributed by atoms with Crippen LogP contribution in [0.15, 0.2) is 48.0 Å². The van der Waals surface area contributed by atoms with Crippen molar-refractivity contribution < 1.29 is 34.0 Å². The molecule has 2 aromatic rings. The zero-order valence-electron chi connectivity index (χ0n) is 19.2. The molecule has 0 aliphatic carbocycles. The van der Waals surface area contributed by atoms with E-state index in [0.29, 0.717) is 23.5 Å². The Morgan fingerprint density at radius 1 is 1.12 bits per heavy atom. The van der Waals surface area contributed by atoms with Crippen molar-refractivity contribution in [3.05, 3.63) is 59.2 Å². The highest BCUT2D eigenvalue weighted by atomic mass is 16.5. The van der Waals surface area contributed by atoms with E-state index < -0.39 is 17.7 Å². The number of rotatable bonds is 9. The summed E-state index contributed by atoms with van der Waals surface area (Å²) in [6.45, 7) is 6.28. The van der Waals surface area contributed by atoms with Crippen molar-refractivity contribution in [2.75, 3.05) is 26.9 Å². The number of carbonyl (C=O) groups excluding carboxylic acids is 2. The molecule has 1 heterocycles. The summed E-state index contributed by atoms with van der Waals surface area (Å²) in [5, 5.41) is 21.2. The number of carbonyl (C=O) groups is 2. The molecule has 8 heteroatoms. The molecule has 1 amide bonds. The van der Waals surface area contributed by atoms with Crippen LogP contribution in [-0.2, 0) is 14.3 Å². The highest BCUT2D eigenvalue weighted by Gasteiger charge is 2.46. The second kappa shape index (κ2) is 10.4. The van der Waals surface area contributed by atoms with Gasteiger partial charge in [-0.25, -0.2) is 0 Å². The maximum Gasteiger partial charge on any atom is 0.295 e. The lowest BCUT2D eigenvalue weighted by Crippen LogP contribution is -2.32. The van der Waals surface area contributed by atoms with Gasteiger partial charge in [0.25, 0.3) is 11.7 Å². The quantitative estimate of drug-likeness (QED) is 0.338. The number of aromatic hydroxyl groups is 1. The van der Waals surface area contributed by atoms with Crippen molar-refractivity contribution >= 4 is 17.4 Å². The fourth-order valence-corrected chi connectivity index (χ4v) is 3.74. The smallest absolute Gasteiger partial charge is 0.295 e. The van der Waals surface area contributed by atoms with Gasteiger partial charge in [0, 0.05) is 19.2 Å². The highest BCUT2D eigenvalue weighted by Crippen LogP contribution is 2.41. The van der Waals surface area contributed by atoms with Crippen LogP contribution in [0.5, 0.6) is 17.2 Å². The van der Waals surface area contributed by atoms with E-state index in [1.165, 1.54) is 18.1 Å². The molecular formula is C25H29NO7. The molecule has 0 radical (unpaired) electrons. The van der Waals surface area contributed by atoms with Gasteiger partial charge in [0.05, 0.1) is 30.9 Å². The first-order valence-corrected chi connectivity index (χ1v) is 10.8. The third-order valence-electron chi connectivity index (χ3n) is 5.18. The first-order chi connectivity index (χ1) is 15.8. The molecule has 1 atom stereocenters. The molecule has 1 aliphatic heterocycles. The minimum atomic E-state index is -0.869. The van der Waals surface area contributed by atoms with E-state index in [1.54, 1.807) is 43.3 Å². The number of ether oxygens (including phenoxy) is 3. The topological polar surface area (TPSA) is 106 Å². The monoisotopic (exact) mass is 455 g/mol. The molecule has 176 valence electrons. The van der Waals surface area contributed by atoms with E-state index in [4.69, 9.17) is 14.2 Å². The zero-order chi connectivity index (χ0) is 24.1. The van der Waals surface area contributed by atoms with Crippen molar-refractivity contribution in [1.29, 1.82) is 0 Å². The van der Waals surface area contributed by atoms with E-state index in [9.17, 15) is 19.8 Å². The van der Waals surface area contributed by atoms with Gasteiger partial charge in [0.1, 0.15) is 11.5 Å². The Labute approximate surface area is 193 Å². The van der Waals surface area contributed by atoms with Gasteiger partial charge in [-0.3, -0.25) is 9.59 Å². The predicted octanol–water partition coefficient (Wildman–Crippen LogP) is 3.65. The van der Waals surface area contributed by atoms with Gasteiger partial charge in [-0.2, -0.15) is 0 Å². The van der Waals surface area contributed by atoms with Gasteiger partial charge >= 0.3 is 0 Å². The SMILES string of the molecule is CCOc1cc([C@H]2/C(=C(\O)c3ccc(OC(C)C)cc3)C(=O)C(=O)N2CCOC)ccc1O. The number of nitrogens with zero attached hydrogens (tertiary/aromatic N) is 1. The lowest BCUT2D eigenvalue weighted by Gasteiger charge is -2.25. The van der Waals surface area contributed by atoms with E-state index in [2.05, 4.69) is 0 Å². The normalized spacial score (nSPS) is 17.6. The van der Waals surface area contributed by atoms with E-state index in [-0.39, 0.29) is 42.1 Å². The summed E-state index contributed by atoms with van der Waals surface area (Å²) in [5.74, 6) is -1.02. The maximum absolute atomic E-state index is 13.0. The molecule has 0 aromatic heterocycles. The van der Waals surface area contributed by atoms with Gasteiger partial charge in [0.15, 0.2) is 11.5 Å². The second-order valence-corrected chi connectivity index (χ2v) is 7.84. The molecule has 0 saturated carbocycles. The Morgan fingerprint density at radius 2 is 1.82 bits per heavy atom. The van der Waals surface area contributed by atoms with Gasteiger partial charge in [-0.1, -0.05) is 6.07 Å². The molecule has 2 aromatic carbocycles. The number of ketones is 1. The summed E-state index contributed by atoms with van der Waals surface area (Å²) in [6, 6.07) is 10.4. The Hall–Kier alpha value is -3.52. The zero-order valence-corrected chi connectivity index (χ0v) is 19.2. The standard InChI is InChI=1S/C25H29NO7/c1-5-32-20-14-17(8-11-19(20)27)22-21(24(29)25(30)26(22)12-13-31-4)23(28)16-6-9-18(10-7-16)33-15(2)3/h6-11,14-15,22,27-28H,5,12-13H2,1-4H3/b23-21+/t22-/m0/s1. The number of methoxy groups -OCH3 is 1. The Balaban J connectivity index is 2.11. The van der Waals surface area contributed by atoms with Crippen molar-refractivity contribution in [2.24, 2.45) is 0 Å². The molecule has 2 N–H and O–H groups in total. The van der Waals surface area contributed by atoms with Gasteiger partial charge in [-0.05, 0) is 62.7 Å². The molecule has 1 aliphatic rings. The average Bonchev–Trinajstić information content (AvgIpc) is 3.03. The molecule has 33 heavy (non-hydrogen) atoms. The lowest BCUT2D eigenvalue weighted by atomic mass is 9.95. The van der Waals surface area contributed by atoms with Gasteiger partial charge < -0.3 is 29.3 Å². The van der Waals surface area contributed by atoms with Gasteiger partial charge in [-0.15, -0.1) is 0 Å². The minimum Gasteiger partial charge on any atom is -0.507 e. The fraction of sp³-hybridized carbons (Fsp3) is 0.360. The third-order valence-corrected chi connectivity index (χ3v) is 5.18. The summed E-state index contributed by atoms with van der Waals surface area (Å²) >= 11 is 0. The van der Waals surface area contributed by atoms with E-state index in [0.717, 1.165) is 0 Å². The number of phenolic OH excluding ortho intramolecular Hbond substituents is 1. The molecular weight excluding hydrogens is 426 g/mol. The summed E-state index contributed by atoms with van der Waals surface area (Å²) < 4.78 is 16.2. The number of aliphatic hydroxyl groups is 1. The van der Waals surface area contributed by atoms with Crippen molar-refractivity contribution in [2.45, 2.75) is 32.9 Å². The maximum atomic E-state index is 13.0. The highest BCUT2D eigenvalue weighted by molar-refractivity contribution is 6.46. The summed E-state index contributed by atoms with van der Waals surface area (Å²) in [4.78, 5) is 27.2. The number of likely N-dealkylation sites (tertiary alicyclic amines) is 1. The summed E-state index contributed by atoms with van der Waals surface area (Å²) in [7, 11) is 1.50. The summed E-state index contributed by atoms with van der Waals surface area (Å²) in [5.41, 5.74) is 0.860. The minimum absolute atomic E-state index is 0.00964. The first-order valence-electron chi connectivity index (χ1n) is 10.8. The Kier molecular flexibility index (Phi) is 7.60. The number of hydrogen-bond acceptors (Lipinski definition) is 7. The Bertz CT molecular complexity index is 1040. The van der Waals surface area contributed by atoms with Gasteiger partial charge in [0.2, 0.25) is 0 Å². The van der Waals surface area contributed by atoms with E-state index >= 15 is 0 Å². The van der Waals surface area contributed by atoms with Crippen molar-refractivity contribution in [3.63, 3.8) is 0 Å². The lowest BCUT2D eigenvalue weighted by molar-refractivity contribution is -0.140. The number of aliphatic hydroxyl groups excluding tert-OH is 1. The Morgan fingerprint density at radius 3 is 2.42 bits per heavy atom. The van der Waals surface area contributed by atoms with Crippen LogP contribution in [0.3, 0.4) is 0 Å². The van der Waals surface area contributed by atoms with Crippen LogP contribution in [0.2, 0.25) is 0 Å². The molecule has 8 nitrogen and oxygen atoms in total. The summed E-state index contributed by atoms with van der Waals surface area (Å²) in [6.07, 6.45) is -0.00964. The molecule has 3 rings (SSSR count). The van der Waals surface area contributed by atoms with Crippen LogP contribution in [0.1, 0.15) is 37.9 Å². The van der Waals surface area contributed by atoms with Crippen LogP contribution in [0.25, 0.3) is 5.76 Å². The first kappa shape index (κ1) is 24.1. The van der Waals surface area contributed by atoms with E-state index in [1.807, 2.05) is 13.8 Å². The predicted molar refractivity (Wildman–Crippen MR) is 122 cm³/mol. The van der Waals surface area contributed by atoms with Crippen molar-refractivity contribution in [3.8, 4) is 17.2 Å². The number of amides is 1. The van der Waals surface area contributed by atoms with Crippen molar-refractivity contribution in [1.82, 2.24) is 4.90 Å². The van der Waals surface area contributed by atoms with Crippen LogP contribution < -0.4 is 9.47 Å².